The van der Waals surface area contributed by atoms with E-state index in [1.165, 1.54) is 5.56 Å². The fourth-order valence-electron chi connectivity index (χ4n) is 1.86. The van der Waals surface area contributed by atoms with Crippen molar-refractivity contribution in [1.29, 1.82) is 0 Å². The van der Waals surface area contributed by atoms with Gasteiger partial charge in [0.05, 0.1) is 6.20 Å². The number of carbonyl (C=O) groups excluding carboxylic acids is 1. The molecule has 0 saturated carbocycles. The predicted octanol–water partition coefficient (Wildman–Crippen LogP) is 2.15. The number of nitrogens with zero attached hydrogens (tertiary/aromatic N) is 2. The fourth-order valence-corrected chi connectivity index (χ4v) is 1.86. The lowest BCUT2D eigenvalue weighted by atomic mass is 10.1. The Morgan fingerprint density at radius 3 is 2.74 bits per heavy atom. The van der Waals surface area contributed by atoms with E-state index in [9.17, 15) is 4.79 Å². The summed E-state index contributed by atoms with van der Waals surface area (Å²) < 4.78 is 1.85. The van der Waals surface area contributed by atoms with Gasteiger partial charge < -0.3 is 5.32 Å². The quantitative estimate of drug-likeness (QED) is 0.862. The summed E-state index contributed by atoms with van der Waals surface area (Å²) in [6.45, 7) is 3.44. The number of aryl methyl sites for hydroxylation is 2. The van der Waals surface area contributed by atoms with Gasteiger partial charge in [0.1, 0.15) is 0 Å². The van der Waals surface area contributed by atoms with Gasteiger partial charge in [0, 0.05) is 31.3 Å². The summed E-state index contributed by atoms with van der Waals surface area (Å²) in [7, 11) is 0. The van der Waals surface area contributed by atoms with Crippen LogP contribution in [0.3, 0.4) is 0 Å². The summed E-state index contributed by atoms with van der Waals surface area (Å²) in [6, 6.07) is 10.0. The number of carbonyl (C=O) groups is 1. The van der Waals surface area contributed by atoms with Crippen LogP contribution in [0.5, 0.6) is 0 Å². The van der Waals surface area contributed by atoms with Crippen molar-refractivity contribution in [2.45, 2.75) is 32.9 Å². The molecule has 0 bridgehead atoms. The third-order valence-corrected chi connectivity index (χ3v) is 2.98. The zero-order valence-electron chi connectivity index (χ0n) is 11.2. The topological polar surface area (TPSA) is 46.9 Å². The van der Waals surface area contributed by atoms with Gasteiger partial charge in [-0.15, -0.1) is 0 Å². The lowest BCUT2D eigenvalue weighted by molar-refractivity contribution is -0.121. The zero-order chi connectivity index (χ0) is 13.5. The minimum absolute atomic E-state index is 0.0769. The highest BCUT2D eigenvalue weighted by Crippen LogP contribution is 2.03. The largest absolute Gasteiger partial charge is 0.352 e. The van der Waals surface area contributed by atoms with E-state index in [2.05, 4.69) is 10.4 Å². The van der Waals surface area contributed by atoms with E-state index in [1.54, 1.807) is 6.20 Å². The molecule has 4 nitrogen and oxygen atoms in total. The molecule has 0 aliphatic heterocycles. The van der Waals surface area contributed by atoms with Gasteiger partial charge in [0.15, 0.2) is 0 Å². The molecule has 1 heterocycles. The zero-order valence-corrected chi connectivity index (χ0v) is 11.2. The van der Waals surface area contributed by atoms with Gasteiger partial charge in [0.2, 0.25) is 5.91 Å². The van der Waals surface area contributed by atoms with Crippen molar-refractivity contribution in [3.8, 4) is 0 Å². The summed E-state index contributed by atoms with van der Waals surface area (Å²) in [5.41, 5.74) is 2.23. The van der Waals surface area contributed by atoms with Crippen molar-refractivity contribution in [1.82, 2.24) is 15.1 Å². The van der Waals surface area contributed by atoms with Crippen molar-refractivity contribution < 1.29 is 4.79 Å². The first-order valence-corrected chi connectivity index (χ1v) is 6.60. The number of aromatic nitrogens is 2. The Kier molecular flexibility index (Phi) is 4.72. The maximum atomic E-state index is 11.7. The van der Waals surface area contributed by atoms with E-state index >= 15 is 0 Å². The van der Waals surface area contributed by atoms with Crippen LogP contribution in [0.25, 0.3) is 0 Å². The Hall–Kier alpha value is -2.10. The highest BCUT2D eigenvalue weighted by molar-refractivity contribution is 5.76. The molecule has 1 aromatic heterocycles. The monoisotopic (exact) mass is 257 g/mol. The van der Waals surface area contributed by atoms with Crippen LogP contribution in [-0.2, 0) is 24.3 Å². The van der Waals surface area contributed by atoms with E-state index in [-0.39, 0.29) is 5.91 Å². The van der Waals surface area contributed by atoms with Gasteiger partial charge in [-0.05, 0) is 18.9 Å². The van der Waals surface area contributed by atoms with Crippen molar-refractivity contribution in [2.24, 2.45) is 0 Å². The number of hydrogen-bond acceptors (Lipinski definition) is 2. The smallest absolute Gasteiger partial charge is 0.220 e. The summed E-state index contributed by atoms with van der Waals surface area (Å²) in [6.07, 6.45) is 5.05. The molecule has 19 heavy (non-hydrogen) atoms. The average molecular weight is 257 g/mol. The Labute approximate surface area is 113 Å². The molecule has 0 unspecified atom stereocenters. The Balaban J connectivity index is 1.73. The molecule has 100 valence electrons. The molecule has 2 rings (SSSR count). The van der Waals surface area contributed by atoms with Crippen LogP contribution in [0.4, 0.5) is 0 Å². The first-order chi connectivity index (χ1) is 9.28. The number of hydrogen-bond donors (Lipinski definition) is 1. The van der Waals surface area contributed by atoms with Gasteiger partial charge in [0.25, 0.3) is 0 Å². The molecule has 1 amide bonds. The normalized spacial score (nSPS) is 10.4. The van der Waals surface area contributed by atoms with Crippen molar-refractivity contribution in [2.75, 3.05) is 0 Å². The van der Waals surface area contributed by atoms with Crippen LogP contribution in [0.1, 0.15) is 24.5 Å². The Bertz CT molecular complexity index is 519. The van der Waals surface area contributed by atoms with Crippen LogP contribution < -0.4 is 5.32 Å². The van der Waals surface area contributed by atoms with E-state index in [4.69, 9.17) is 0 Å². The minimum Gasteiger partial charge on any atom is -0.352 e. The van der Waals surface area contributed by atoms with E-state index < -0.39 is 0 Å². The van der Waals surface area contributed by atoms with Gasteiger partial charge >= 0.3 is 0 Å². The van der Waals surface area contributed by atoms with E-state index in [1.807, 2.05) is 48.1 Å². The molecule has 4 heteroatoms. The second-order valence-corrected chi connectivity index (χ2v) is 4.47. The molecular formula is C15H19N3O. The molecular weight excluding hydrogens is 238 g/mol. The van der Waals surface area contributed by atoms with Gasteiger partial charge in [-0.1, -0.05) is 30.3 Å². The summed E-state index contributed by atoms with van der Waals surface area (Å²) in [5, 5.41) is 7.09. The number of nitrogens with one attached hydrogen (secondary N) is 1. The summed E-state index contributed by atoms with van der Waals surface area (Å²) in [4.78, 5) is 11.7. The Morgan fingerprint density at radius 1 is 1.26 bits per heavy atom. The fraction of sp³-hybridized carbons (Fsp3) is 0.333. The number of amides is 1. The molecule has 0 saturated heterocycles. The molecule has 0 spiro atoms. The molecule has 0 fully saturated rings. The summed E-state index contributed by atoms with van der Waals surface area (Å²) >= 11 is 0. The number of benzene rings is 1. The van der Waals surface area contributed by atoms with Crippen LogP contribution in [-0.4, -0.2) is 15.7 Å². The SMILES string of the molecule is CCn1cc(CNC(=O)CCc2ccccc2)cn1. The number of rotatable bonds is 6. The molecule has 0 atom stereocenters. The standard InChI is InChI=1S/C15H19N3O/c1-2-18-12-14(11-17-18)10-16-15(19)9-8-13-6-4-3-5-7-13/h3-7,11-12H,2,8-10H2,1H3,(H,16,19). The maximum absolute atomic E-state index is 11.7. The van der Waals surface area contributed by atoms with Crippen molar-refractivity contribution in [3.05, 3.63) is 53.9 Å². The van der Waals surface area contributed by atoms with Crippen molar-refractivity contribution in [3.63, 3.8) is 0 Å². The molecule has 2 aromatic rings. The van der Waals surface area contributed by atoms with Crippen LogP contribution >= 0.6 is 0 Å². The molecule has 0 radical (unpaired) electrons. The molecule has 0 aliphatic carbocycles. The van der Waals surface area contributed by atoms with Gasteiger partial charge in [-0.25, -0.2) is 0 Å². The predicted molar refractivity (Wildman–Crippen MR) is 74.5 cm³/mol. The first-order valence-electron chi connectivity index (χ1n) is 6.60. The lowest BCUT2D eigenvalue weighted by Gasteiger charge is -2.03. The van der Waals surface area contributed by atoms with Crippen LogP contribution in [0, 0.1) is 0 Å². The highest BCUT2D eigenvalue weighted by Gasteiger charge is 2.03. The minimum atomic E-state index is 0.0769. The van der Waals surface area contributed by atoms with E-state index in [0.717, 1.165) is 18.5 Å². The average Bonchev–Trinajstić information content (AvgIpc) is 2.92. The van der Waals surface area contributed by atoms with Gasteiger partial charge in [-0.2, -0.15) is 5.10 Å². The van der Waals surface area contributed by atoms with Crippen molar-refractivity contribution >= 4 is 5.91 Å². The molecule has 1 aromatic carbocycles. The third kappa shape index (κ3) is 4.25. The third-order valence-electron chi connectivity index (χ3n) is 2.98. The molecule has 0 aliphatic rings. The Morgan fingerprint density at radius 2 is 2.05 bits per heavy atom. The second-order valence-electron chi connectivity index (χ2n) is 4.47. The molecule has 1 N–H and O–H groups in total. The van der Waals surface area contributed by atoms with Gasteiger partial charge in [-0.3, -0.25) is 9.48 Å². The van der Waals surface area contributed by atoms with E-state index in [0.29, 0.717) is 13.0 Å². The van der Waals surface area contributed by atoms with Crippen LogP contribution in [0.15, 0.2) is 42.7 Å². The second kappa shape index (κ2) is 6.73. The van der Waals surface area contributed by atoms with Crippen LogP contribution in [0.2, 0.25) is 0 Å². The lowest BCUT2D eigenvalue weighted by Crippen LogP contribution is -2.22. The summed E-state index contributed by atoms with van der Waals surface area (Å²) in [5.74, 6) is 0.0769. The highest BCUT2D eigenvalue weighted by atomic mass is 16.1. The maximum Gasteiger partial charge on any atom is 0.220 e. The first kappa shape index (κ1) is 13.3.